The molecule has 0 fully saturated rings. The third-order valence-electron chi connectivity index (χ3n) is 7.84. The Labute approximate surface area is 259 Å². The molecule has 0 amide bonds. The Bertz CT molecular complexity index is 1450. The van der Waals surface area contributed by atoms with Crippen LogP contribution in [0.25, 0.3) is 11.6 Å². The first-order valence-electron chi connectivity index (χ1n) is 14.0. The van der Waals surface area contributed by atoms with E-state index in [1.54, 1.807) is 48.5 Å². The van der Waals surface area contributed by atoms with Crippen LogP contribution in [-0.4, -0.2) is 31.1 Å². The number of rotatable bonds is 7. The van der Waals surface area contributed by atoms with E-state index in [1.165, 1.54) is 0 Å². The molecule has 41 heavy (non-hydrogen) atoms. The van der Waals surface area contributed by atoms with Crippen molar-refractivity contribution in [3.8, 4) is 11.6 Å². The highest BCUT2D eigenvalue weighted by Gasteiger charge is 2.39. The molecule has 0 radical (unpaired) electrons. The second-order valence-corrected chi connectivity index (χ2v) is 11.5. The maximum atomic E-state index is 13.2. The molecule has 8 nitrogen and oxygen atoms in total. The van der Waals surface area contributed by atoms with Crippen molar-refractivity contribution >= 4 is 34.8 Å². The first-order valence-corrected chi connectivity index (χ1v) is 14.8. The zero-order valence-electron chi connectivity index (χ0n) is 22.7. The van der Waals surface area contributed by atoms with Crippen LogP contribution in [-0.2, 0) is 39.0 Å². The number of hydrogen-bond donors (Lipinski definition) is 0. The number of halogens is 3. The predicted octanol–water partition coefficient (Wildman–Crippen LogP) is 1.85. The fourth-order valence-electron chi connectivity index (χ4n) is 5.74. The number of hydrogen-bond acceptors (Lipinski definition) is 4. The SMILES string of the molecule is O=C(Cn1nc(-c2nn(CC(=O)c3ccc(Cl)cc3)c3[n+]2CCCCC3)[n+]2c1CCCCC2)c1ccc(Cl)cc1.[Br-]. The molecule has 214 valence electrons. The second kappa shape index (κ2) is 13.0. The Morgan fingerprint density at radius 2 is 1.02 bits per heavy atom. The quantitative estimate of drug-likeness (QED) is 0.224. The van der Waals surface area contributed by atoms with Crippen LogP contribution in [0.15, 0.2) is 48.5 Å². The highest BCUT2D eigenvalue weighted by molar-refractivity contribution is 6.31. The molecule has 6 rings (SSSR count). The molecule has 0 bridgehead atoms. The van der Waals surface area contributed by atoms with Crippen molar-refractivity contribution in [1.29, 1.82) is 0 Å². The zero-order chi connectivity index (χ0) is 27.6. The molecule has 2 aromatic heterocycles. The third-order valence-corrected chi connectivity index (χ3v) is 8.35. The summed E-state index contributed by atoms with van der Waals surface area (Å²) in [6, 6.07) is 14.0. The molecule has 0 N–H and O–H groups in total. The van der Waals surface area contributed by atoms with Gasteiger partial charge in [0.25, 0.3) is 0 Å². The Hall–Kier alpha value is -2.88. The summed E-state index contributed by atoms with van der Waals surface area (Å²) in [6.45, 7) is 1.95. The van der Waals surface area contributed by atoms with Gasteiger partial charge < -0.3 is 17.0 Å². The van der Waals surface area contributed by atoms with E-state index in [0.29, 0.717) is 21.2 Å². The average Bonchev–Trinajstić information content (AvgIpc) is 3.21. The number of carbonyl (C=O) groups is 2. The summed E-state index contributed by atoms with van der Waals surface area (Å²) in [7, 11) is 0. The summed E-state index contributed by atoms with van der Waals surface area (Å²) in [6.07, 6.45) is 8.15. The number of Topliss-reactive ketones (excluding diaryl/α,β-unsaturated/α-hetero) is 2. The van der Waals surface area contributed by atoms with Crippen molar-refractivity contribution < 1.29 is 35.7 Å². The Balaban J connectivity index is 0.00000337. The van der Waals surface area contributed by atoms with E-state index in [0.717, 1.165) is 87.8 Å². The first-order chi connectivity index (χ1) is 19.5. The molecule has 2 aliphatic heterocycles. The standard InChI is InChI=1S/C30H32Cl2N6O2.BrH/c31-23-13-9-21(10-14-23)25(39)19-37-27-7-3-1-5-17-35(27)29(33-37)30-34-38(28-8-4-2-6-18-36(28)30)20-26(40)22-11-15-24(32)16-12-22;/h9-16H,1-8,17-20H2;1H/q+2;/p-1. The van der Waals surface area contributed by atoms with E-state index >= 15 is 0 Å². The van der Waals surface area contributed by atoms with Gasteiger partial charge in [-0.1, -0.05) is 23.2 Å². The summed E-state index contributed by atoms with van der Waals surface area (Å²) in [5.74, 6) is 3.60. The largest absolute Gasteiger partial charge is 1.00 e. The lowest BCUT2D eigenvalue weighted by Crippen LogP contribution is -3.00. The molecule has 11 heteroatoms. The number of fused-ring (bicyclic) bond motifs is 2. The molecule has 0 saturated heterocycles. The van der Waals surface area contributed by atoms with E-state index in [1.807, 2.05) is 9.36 Å². The summed E-state index contributed by atoms with van der Waals surface area (Å²) in [4.78, 5) is 26.4. The second-order valence-electron chi connectivity index (χ2n) is 10.6. The number of nitrogens with zero attached hydrogens (tertiary/aromatic N) is 6. The normalized spacial score (nSPS) is 14.8. The van der Waals surface area contributed by atoms with E-state index in [2.05, 4.69) is 9.13 Å². The van der Waals surface area contributed by atoms with Gasteiger partial charge in [0.1, 0.15) is 0 Å². The van der Waals surface area contributed by atoms with Crippen LogP contribution < -0.4 is 26.1 Å². The van der Waals surface area contributed by atoms with Gasteiger partial charge in [0.2, 0.25) is 11.6 Å². The number of ketones is 2. The van der Waals surface area contributed by atoms with Gasteiger partial charge in [-0.15, -0.1) is 9.36 Å². The van der Waals surface area contributed by atoms with Gasteiger partial charge in [0.15, 0.2) is 24.7 Å². The van der Waals surface area contributed by atoms with Gasteiger partial charge in [0.05, 0.1) is 23.3 Å². The summed E-state index contributed by atoms with van der Waals surface area (Å²) >= 11 is 12.1. The molecule has 0 unspecified atom stereocenters. The molecule has 0 aliphatic carbocycles. The van der Waals surface area contributed by atoms with E-state index in [9.17, 15) is 9.59 Å². The maximum Gasteiger partial charge on any atom is 0.382 e. The minimum atomic E-state index is -0.0102. The minimum absolute atomic E-state index is 0. The van der Waals surface area contributed by atoms with E-state index in [4.69, 9.17) is 33.4 Å². The molecule has 0 atom stereocenters. The van der Waals surface area contributed by atoms with Crippen LogP contribution in [0.5, 0.6) is 0 Å². The molecule has 0 spiro atoms. The van der Waals surface area contributed by atoms with Crippen LogP contribution >= 0.6 is 23.2 Å². The first kappa shape index (κ1) is 29.6. The van der Waals surface area contributed by atoms with E-state index < -0.39 is 0 Å². The third kappa shape index (κ3) is 6.32. The van der Waals surface area contributed by atoms with Crippen LogP contribution in [0, 0.1) is 0 Å². The molecule has 2 aliphatic rings. The maximum absolute atomic E-state index is 13.2. The van der Waals surface area contributed by atoms with Crippen molar-refractivity contribution in [3.63, 3.8) is 0 Å². The molecule has 2 aromatic carbocycles. The predicted molar refractivity (Wildman–Crippen MR) is 151 cm³/mol. The van der Waals surface area contributed by atoms with Crippen molar-refractivity contribution in [3.05, 3.63) is 81.4 Å². The van der Waals surface area contributed by atoms with Gasteiger partial charge in [0, 0.05) is 34.0 Å². The van der Waals surface area contributed by atoms with Crippen LogP contribution in [0.1, 0.15) is 70.9 Å². The summed E-state index contributed by atoms with van der Waals surface area (Å²) in [5.41, 5.74) is 1.23. The summed E-state index contributed by atoms with van der Waals surface area (Å²) < 4.78 is 8.21. The monoisotopic (exact) mass is 657 g/mol. The number of aromatic nitrogens is 6. The van der Waals surface area contributed by atoms with Crippen molar-refractivity contribution in [2.24, 2.45) is 0 Å². The molecular weight excluding hydrogens is 627 g/mol. The van der Waals surface area contributed by atoms with Crippen molar-refractivity contribution in [2.75, 3.05) is 0 Å². The van der Waals surface area contributed by atoms with Crippen molar-refractivity contribution in [2.45, 2.75) is 77.5 Å². The van der Waals surface area contributed by atoms with Crippen molar-refractivity contribution in [1.82, 2.24) is 19.6 Å². The fourth-order valence-corrected chi connectivity index (χ4v) is 6.00. The molecule has 0 saturated carbocycles. The Morgan fingerprint density at radius 1 is 0.634 bits per heavy atom. The summed E-state index contributed by atoms with van der Waals surface area (Å²) in [5, 5.41) is 11.2. The van der Waals surface area contributed by atoms with Crippen LogP contribution in [0.4, 0.5) is 0 Å². The lowest BCUT2D eigenvalue weighted by molar-refractivity contribution is -0.721. The van der Waals surface area contributed by atoms with Crippen LogP contribution in [0.2, 0.25) is 10.0 Å². The number of benzene rings is 2. The molecular formula is C30H32BrCl2N6O2+. The lowest BCUT2D eigenvalue weighted by atomic mass is 10.1. The fraction of sp³-hybridized carbons (Fsp3) is 0.400. The van der Waals surface area contributed by atoms with Gasteiger partial charge in [-0.3, -0.25) is 9.59 Å². The highest BCUT2D eigenvalue weighted by atomic mass is 79.9. The molecule has 4 heterocycles. The average molecular weight is 659 g/mol. The minimum Gasteiger partial charge on any atom is -1.00 e. The highest BCUT2D eigenvalue weighted by Crippen LogP contribution is 2.20. The lowest BCUT2D eigenvalue weighted by Gasteiger charge is -2.02. The van der Waals surface area contributed by atoms with Gasteiger partial charge in [-0.25, -0.2) is 9.13 Å². The van der Waals surface area contributed by atoms with Crippen LogP contribution in [0.3, 0.4) is 0 Å². The van der Waals surface area contributed by atoms with Gasteiger partial charge >= 0.3 is 11.6 Å². The molecule has 4 aromatic rings. The Kier molecular flexibility index (Phi) is 9.36. The van der Waals surface area contributed by atoms with Gasteiger partial charge in [-0.05, 0) is 87.1 Å². The zero-order valence-corrected chi connectivity index (χ0v) is 25.8. The smallest absolute Gasteiger partial charge is 0.382 e. The van der Waals surface area contributed by atoms with E-state index in [-0.39, 0.29) is 41.6 Å². The topological polar surface area (TPSA) is 77.5 Å². The van der Waals surface area contributed by atoms with Gasteiger partial charge in [-0.2, -0.15) is 0 Å². The Morgan fingerprint density at radius 3 is 1.41 bits per heavy atom. The number of carbonyl (C=O) groups excluding carboxylic acids is 2.